The molecule has 1 aromatic rings. The first-order chi connectivity index (χ1) is 8.49. The first-order valence-corrected chi connectivity index (χ1v) is 5.92. The zero-order valence-corrected chi connectivity index (χ0v) is 11.0. The maximum Gasteiger partial charge on any atom is 0.188 e. The number of aliphatic hydroxyl groups excluding tert-OH is 1. The molecule has 0 aliphatic rings. The van der Waals surface area contributed by atoms with Gasteiger partial charge in [0, 0.05) is 6.54 Å². The van der Waals surface area contributed by atoms with E-state index in [1.807, 2.05) is 38.1 Å². The molecule has 4 nitrogen and oxygen atoms in total. The molecule has 0 amide bonds. The second-order valence-corrected chi connectivity index (χ2v) is 4.46. The SMILES string of the molecule is C=C(C)CNC(N)=NCC(O)c1ccc(C)cc1. The van der Waals surface area contributed by atoms with Gasteiger partial charge in [-0.25, -0.2) is 0 Å². The molecule has 4 N–H and O–H groups in total. The molecule has 0 saturated heterocycles. The Morgan fingerprint density at radius 1 is 1.44 bits per heavy atom. The molecule has 1 unspecified atom stereocenters. The standard InChI is InChI=1S/C14H21N3O/c1-10(2)8-16-14(15)17-9-13(18)12-6-4-11(3)5-7-12/h4-7,13,18H,1,8-9H2,2-3H3,(H3,15,16,17). The van der Waals surface area contributed by atoms with Crippen LogP contribution in [0.25, 0.3) is 0 Å². The minimum absolute atomic E-state index is 0.248. The third-order valence-corrected chi connectivity index (χ3v) is 2.47. The smallest absolute Gasteiger partial charge is 0.188 e. The summed E-state index contributed by atoms with van der Waals surface area (Å²) < 4.78 is 0. The topological polar surface area (TPSA) is 70.6 Å². The van der Waals surface area contributed by atoms with Crippen LogP contribution in [0.3, 0.4) is 0 Å². The fourth-order valence-electron chi connectivity index (χ4n) is 1.38. The van der Waals surface area contributed by atoms with Crippen molar-refractivity contribution in [2.24, 2.45) is 10.7 Å². The zero-order chi connectivity index (χ0) is 13.5. The average molecular weight is 247 g/mol. The van der Waals surface area contributed by atoms with Crippen molar-refractivity contribution in [3.63, 3.8) is 0 Å². The Balaban J connectivity index is 2.49. The number of benzene rings is 1. The predicted octanol–water partition coefficient (Wildman–Crippen LogP) is 1.51. The zero-order valence-electron chi connectivity index (χ0n) is 11.0. The Morgan fingerprint density at radius 3 is 2.61 bits per heavy atom. The molecule has 0 aromatic heterocycles. The number of nitrogens with two attached hydrogens (primary N) is 1. The summed E-state index contributed by atoms with van der Waals surface area (Å²) in [6, 6.07) is 7.72. The van der Waals surface area contributed by atoms with Crippen LogP contribution in [-0.4, -0.2) is 24.2 Å². The summed E-state index contributed by atoms with van der Waals surface area (Å²) in [5, 5.41) is 12.8. The largest absolute Gasteiger partial charge is 0.386 e. The molecule has 0 fully saturated rings. The third-order valence-electron chi connectivity index (χ3n) is 2.47. The van der Waals surface area contributed by atoms with Gasteiger partial charge in [0.1, 0.15) is 0 Å². The van der Waals surface area contributed by atoms with Gasteiger partial charge in [-0.2, -0.15) is 0 Å². The van der Waals surface area contributed by atoms with E-state index in [9.17, 15) is 5.11 Å². The minimum atomic E-state index is -0.629. The third kappa shape index (κ3) is 5.01. The summed E-state index contributed by atoms with van der Waals surface area (Å²) in [7, 11) is 0. The van der Waals surface area contributed by atoms with Gasteiger partial charge in [-0.15, -0.1) is 0 Å². The van der Waals surface area contributed by atoms with Crippen molar-refractivity contribution in [3.8, 4) is 0 Å². The van der Waals surface area contributed by atoms with Crippen molar-refractivity contribution >= 4 is 5.96 Å². The van der Waals surface area contributed by atoms with Gasteiger partial charge in [-0.1, -0.05) is 42.0 Å². The van der Waals surface area contributed by atoms with Crippen molar-refractivity contribution in [2.45, 2.75) is 20.0 Å². The highest BCUT2D eigenvalue weighted by atomic mass is 16.3. The fraction of sp³-hybridized carbons (Fsp3) is 0.357. The van der Waals surface area contributed by atoms with Crippen LogP contribution < -0.4 is 11.1 Å². The van der Waals surface area contributed by atoms with E-state index in [2.05, 4.69) is 16.9 Å². The van der Waals surface area contributed by atoms with Crippen molar-refractivity contribution in [1.29, 1.82) is 0 Å². The molecule has 0 spiro atoms. The summed E-state index contributed by atoms with van der Waals surface area (Å²) in [5.74, 6) is 0.323. The Bertz CT molecular complexity index is 423. The molecular formula is C14H21N3O. The first-order valence-electron chi connectivity index (χ1n) is 5.92. The number of rotatable bonds is 5. The number of guanidine groups is 1. The molecular weight excluding hydrogens is 226 g/mol. The van der Waals surface area contributed by atoms with Gasteiger partial charge in [0.25, 0.3) is 0 Å². The first kappa shape index (κ1) is 14.3. The molecule has 1 rings (SSSR count). The van der Waals surface area contributed by atoms with Crippen LogP contribution in [0.15, 0.2) is 41.4 Å². The summed E-state index contributed by atoms with van der Waals surface area (Å²) >= 11 is 0. The number of aryl methyl sites for hydroxylation is 1. The molecule has 18 heavy (non-hydrogen) atoms. The van der Waals surface area contributed by atoms with Gasteiger partial charge >= 0.3 is 0 Å². The highest BCUT2D eigenvalue weighted by Gasteiger charge is 2.06. The van der Waals surface area contributed by atoms with Gasteiger partial charge in [-0.05, 0) is 19.4 Å². The molecule has 0 bridgehead atoms. The van der Waals surface area contributed by atoms with Crippen LogP contribution >= 0.6 is 0 Å². The maximum absolute atomic E-state index is 9.93. The molecule has 0 aliphatic carbocycles. The number of hydrogen-bond donors (Lipinski definition) is 3. The lowest BCUT2D eigenvalue weighted by molar-refractivity contribution is 0.187. The fourth-order valence-corrected chi connectivity index (χ4v) is 1.38. The van der Waals surface area contributed by atoms with Crippen LogP contribution in [-0.2, 0) is 0 Å². The van der Waals surface area contributed by atoms with Crippen LogP contribution in [0.5, 0.6) is 0 Å². The quantitative estimate of drug-likeness (QED) is 0.419. The molecule has 0 heterocycles. The average Bonchev–Trinajstić information content (AvgIpc) is 2.34. The second kappa shape index (κ2) is 6.81. The van der Waals surface area contributed by atoms with Gasteiger partial charge in [0.05, 0.1) is 12.6 Å². The molecule has 1 atom stereocenters. The van der Waals surface area contributed by atoms with Gasteiger partial charge in [-0.3, -0.25) is 4.99 Å². The van der Waals surface area contributed by atoms with E-state index >= 15 is 0 Å². The van der Waals surface area contributed by atoms with Crippen LogP contribution in [0.4, 0.5) is 0 Å². The lowest BCUT2D eigenvalue weighted by Crippen LogP contribution is -2.33. The van der Waals surface area contributed by atoms with Crippen molar-refractivity contribution in [3.05, 3.63) is 47.5 Å². The van der Waals surface area contributed by atoms with E-state index < -0.39 is 6.10 Å². The number of aliphatic hydroxyl groups is 1. The Labute approximate surface area is 108 Å². The highest BCUT2D eigenvalue weighted by Crippen LogP contribution is 2.13. The van der Waals surface area contributed by atoms with E-state index in [-0.39, 0.29) is 6.54 Å². The molecule has 4 heteroatoms. The van der Waals surface area contributed by atoms with Crippen LogP contribution in [0, 0.1) is 6.92 Å². The van der Waals surface area contributed by atoms with Crippen molar-refractivity contribution in [2.75, 3.05) is 13.1 Å². The monoisotopic (exact) mass is 247 g/mol. The minimum Gasteiger partial charge on any atom is -0.386 e. The van der Waals surface area contributed by atoms with Crippen molar-refractivity contribution in [1.82, 2.24) is 5.32 Å². The molecule has 98 valence electrons. The van der Waals surface area contributed by atoms with E-state index in [1.54, 1.807) is 0 Å². The lowest BCUT2D eigenvalue weighted by atomic mass is 10.1. The van der Waals surface area contributed by atoms with Gasteiger partial charge in [0.15, 0.2) is 5.96 Å². The van der Waals surface area contributed by atoms with Crippen LogP contribution in [0.1, 0.15) is 24.2 Å². The second-order valence-electron chi connectivity index (χ2n) is 4.46. The molecule has 0 aliphatic heterocycles. The lowest BCUT2D eigenvalue weighted by Gasteiger charge is -2.10. The van der Waals surface area contributed by atoms with E-state index in [4.69, 9.17) is 5.73 Å². The number of nitrogens with zero attached hydrogens (tertiary/aromatic N) is 1. The molecule has 1 aromatic carbocycles. The van der Waals surface area contributed by atoms with Gasteiger partial charge < -0.3 is 16.2 Å². The highest BCUT2D eigenvalue weighted by molar-refractivity contribution is 5.78. The normalized spacial score (nSPS) is 13.2. The van der Waals surface area contributed by atoms with E-state index in [0.717, 1.165) is 16.7 Å². The Hall–Kier alpha value is -1.81. The Kier molecular flexibility index (Phi) is 5.39. The predicted molar refractivity (Wildman–Crippen MR) is 75.4 cm³/mol. The number of hydrogen-bond acceptors (Lipinski definition) is 2. The van der Waals surface area contributed by atoms with Gasteiger partial charge in [0.2, 0.25) is 0 Å². The maximum atomic E-state index is 9.93. The molecule has 0 radical (unpaired) electrons. The molecule has 0 saturated carbocycles. The number of aliphatic imine (C=N–C) groups is 1. The van der Waals surface area contributed by atoms with E-state index in [0.29, 0.717) is 12.5 Å². The summed E-state index contributed by atoms with van der Waals surface area (Å²) in [6.07, 6.45) is -0.629. The van der Waals surface area contributed by atoms with Crippen molar-refractivity contribution < 1.29 is 5.11 Å². The Morgan fingerprint density at radius 2 is 2.06 bits per heavy atom. The van der Waals surface area contributed by atoms with E-state index in [1.165, 1.54) is 0 Å². The summed E-state index contributed by atoms with van der Waals surface area (Å²) in [6.45, 7) is 8.51. The summed E-state index contributed by atoms with van der Waals surface area (Å²) in [4.78, 5) is 4.09. The summed E-state index contributed by atoms with van der Waals surface area (Å²) in [5.41, 5.74) is 8.65. The van der Waals surface area contributed by atoms with Crippen LogP contribution in [0.2, 0.25) is 0 Å². The number of nitrogens with one attached hydrogen (secondary N) is 1.